The molecule has 3 heteroatoms. The zero-order valence-corrected chi connectivity index (χ0v) is 8.99. The van der Waals surface area contributed by atoms with Gasteiger partial charge in [-0.2, -0.15) is 5.26 Å². The van der Waals surface area contributed by atoms with Crippen LogP contribution in [0.4, 0.5) is 0 Å². The van der Waals surface area contributed by atoms with Gasteiger partial charge in [-0.1, -0.05) is 24.0 Å². The minimum absolute atomic E-state index is 0.0937. The van der Waals surface area contributed by atoms with Gasteiger partial charge in [-0.05, 0) is 17.7 Å². The monoisotopic (exact) mass is 213 g/mol. The topological polar surface area (TPSA) is 50.1 Å². The van der Waals surface area contributed by atoms with Crippen LogP contribution in [0.3, 0.4) is 0 Å². The van der Waals surface area contributed by atoms with Crippen LogP contribution < -0.4 is 0 Å². The van der Waals surface area contributed by atoms with E-state index in [1.54, 1.807) is 0 Å². The lowest BCUT2D eigenvalue weighted by Crippen LogP contribution is -1.96. The minimum Gasteiger partial charge on any atom is -0.468 e. The molecular formula is C13H11NO2. The van der Waals surface area contributed by atoms with Crippen molar-refractivity contribution in [1.82, 2.24) is 0 Å². The number of benzene rings is 1. The van der Waals surface area contributed by atoms with E-state index in [0.29, 0.717) is 6.42 Å². The average molecular weight is 213 g/mol. The number of hydrogen-bond acceptors (Lipinski definition) is 3. The van der Waals surface area contributed by atoms with E-state index in [-0.39, 0.29) is 12.4 Å². The van der Waals surface area contributed by atoms with Crippen molar-refractivity contribution in [3.63, 3.8) is 0 Å². The van der Waals surface area contributed by atoms with E-state index in [4.69, 9.17) is 5.26 Å². The third-order valence-corrected chi connectivity index (χ3v) is 1.93. The van der Waals surface area contributed by atoms with E-state index in [2.05, 4.69) is 22.6 Å². The van der Waals surface area contributed by atoms with E-state index in [0.717, 1.165) is 11.1 Å². The van der Waals surface area contributed by atoms with Gasteiger partial charge in [0.2, 0.25) is 0 Å². The molecule has 0 heterocycles. The van der Waals surface area contributed by atoms with Crippen molar-refractivity contribution < 1.29 is 9.53 Å². The van der Waals surface area contributed by atoms with Crippen LogP contribution in [-0.2, 0) is 16.0 Å². The number of ether oxygens (including phenoxy) is 1. The van der Waals surface area contributed by atoms with Crippen molar-refractivity contribution in [3.8, 4) is 17.9 Å². The van der Waals surface area contributed by atoms with Gasteiger partial charge < -0.3 is 4.74 Å². The second-order valence-electron chi connectivity index (χ2n) is 3.09. The highest BCUT2D eigenvalue weighted by Gasteiger charge is 1.94. The van der Waals surface area contributed by atoms with E-state index in [9.17, 15) is 4.79 Å². The molecule has 0 aliphatic carbocycles. The number of nitriles is 1. The Labute approximate surface area is 94.7 Å². The molecule has 0 fully saturated rings. The van der Waals surface area contributed by atoms with E-state index >= 15 is 0 Å². The molecule has 0 bridgehead atoms. The lowest BCUT2D eigenvalue weighted by molar-refractivity contribution is -0.139. The van der Waals surface area contributed by atoms with Crippen LogP contribution >= 0.6 is 0 Å². The highest BCUT2D eigenvalue weighted by Crippen LogP contribution is 2.03. The first-order valence-corrected chi connectivity index (χ1v) is 4.78. The summed E-state index contributed by atoms with van der Waals surface area (Å²) in [6.07, 6.45) is 0.492. The molecule has 0 radical (unpaired) electrons. The number of carbonyl (C=O) groups is 1. The highest BCUT2D eigenvalue weighted by atomic mass is 16.5. The number of carbonyl (C=O) groups excluding carboxylic acids is 1. The van der Waals surface area contributed by atoms with Gasteiger partial charge >= 0.3 is 5.97 Å². The summed E-state index contributed by atoms with van der Waals surface area (Å²) in [5.41, 5.74) is 1.78. The molecule has 80 valence electrons. The number of rotatable bonds is 2. The molecule has 16 heavy (non-hydrogen) atoms. The maximum absolute atomic E-state index is 10.8. The molecule has 0 atom stereocenters. The zero-order valence-electron chi connectivity index (χ0n) is 8.99. The first-order valence-electron chi connectivity index (χ1n) is 4.78. The summed E-state index contributed by atoms with van der Waals surface area (Å²) in [7, 11) is 1.33. The van der Waals surface area contributed by atoms with E-state index in [1.807, 2.05) is 24.3 Å². The summed E-state index contributed by atoms with van der Waals surface area (Å²) in [5, 5.41) is 8.49. The van der Waals surface area contributed by atoms with Gasteiger partial charge in [0.15, 0.2) is 0 Å². The summed E-state index contributed by atoms with van der Waals surface area (Å²) in [6.45, 7) is 0. The van der Waals surface area contributed by atoms with Crippen molar-refractivity contribution in [1.29, 1.82) is 5.26 Å². The molecule has 1 rings (SSSR count). The second kappa shape index (κ2) is 6.27. The van der Waals surface area contributed by atoms with Crippen molar-refractivity contribution in [2.75, 3.05) is 7.11 Å². The molecule has 0 aliphatic rings. The van der Waals surface area contributed by atoms with Gasteiger partial charge in [-0.15, -0.1) is 0 Å². The summed E-state index contributed by atoms with van der Waals surface area (Å²) in [4.78, 5) is 10.8. The van der Waals surface area contributed by atoms with E-state index < -0.39 is 0 Å². The summed E-state index contributed by atoms with van der Waals surface area (Å²) < 4.78 is 4.46. The Balaban J connectivity index is 2.62. The Hall–Kier alpha value is -2.26. The van der Waals surface area contributed by atoms with Crippen LogP contribution in [0.15, 0.2) is 24.3 Å². The Bertz CT molecular complexity index is 457. The van der Waals surface area contributed by atoms with E-state index in [1.165, 1.54) is 7.11 Å². The Morgan fingerprint density at radius 3 is 2.62 bits per heavy atom. The van der Waals surface area contributed by atoms with Gasteiger partial charge in [-0.25, -0.2) is 0 Å². The van der Waals surface area contributed by atoms with Gasteiger partial charge in [-0.3, -0.25) is 4.79 Å². The minimum atomic E-state index is -0.339. The smallest absolute Gasteiger partial charge is 0.317 e. The Kier molecular flexibility index (Phi) is 4.63. The molecule has 0 unspecified atom stereocenters. The summed E-state index contributed by atoms with van der Waals surface area (Å²) in [6, 6.07) is 9.44. The highest BCUT2D eigenvalue weighted by molar-refractivity contribution is 5.72. The van der Waals surface area contributed by atoms with Gasteiger partial charge in [0.1, 0.15) is 6.42 Å². The molecule has 1 aromatic carbocycles. The van der Waals surface area contributed by atoms with Crippen LogP contribution in [0.25, 0.3) is 0 Å². The Morgan fingerprint density at radius 2 is 2.06 bits per heavy atom. The van der Waals surface area contributed by atoms with Crippen molar-refractivity contribution in [2.45, 2.75) is 12.8 Å². The standard InChI is InChI=1S/C13H11NO2/c1-16-13(15)4-2-3-11-5-7-12(8-6-11)9-10-14/h5-8H,4,9H2,1H3. The normalized spacial score (nSPS) is 8.50. The maximum atomic E-state index is 10.8. The number of methoxy groups -OCH3 is 1. The molecule has 0 spiro atoms. The Morgan fingerprint density at radius 1 is 1.38 bits per heavy atom. The van der Waals surface area contributed by atoms with Crippen LogP contribution in [-0.4, -0.2) is 13.1 Å². The third kappa shape index (κ3) is 3.86. The first-order chi connectivity index (χ1) is 7.76. The van der Waals surface area contributed by atoms with Crippen LogP contribution in [0.1, 0.15) is 17.5 Å². The van der Waals surface area contributed by atoms with Crippen LogP contribution in [0, 0.1) is 23.2 Å². The second-order valence-corrected chi connectivity index (χ2v) is 3.09. The SMILES string of the molecule is COC(=O)CC#Cc1ccc(CC#N)cc1. The molecule has 1 aromatic rings. The quantitative estimate of drug-likeness (QED) is 0.554. The molecule has 0 amide bonds. The van der Waals surface area contributed by atoms with Gasteiger partial charge in [0.25, 0.3) is 0 Å². The van der Waals surface area contributed by atoms with Crippen LogP contribution in [0.2, 0.25) is 0 Å². The molecule has 0 aromatic heterocycles. The predicted molar refractivity (Wildman–Crippen MR) is 59.3 cm³/mol. The van der Waals surface area contributed by atoms with Crippen LogP contribution in [0.5, 0.6) is 0 Å². The molecule has 0 saturated heterocycles. The third-order valence-electron chi connectivity index (χ3n) is 1.93. The van der Waals surface area contributed by atoms with Gasteiger partial charge in [0.05, 0.1) is 19.6 Å². The van der Waals surface area contributed by atoms with Crippen molar-refractivity contribution in [3.05, 3.63) is 35.4 Å². The van der Waals surface area contributed by atoms with Crippen molar-refractivity contribution in [2.24, 2.45) is 0 Å². The fourth-order valence-electron chi connectivity index (χ4n) is 1.09. The summed E-state index contributed by atoms with van der Waals surface area (Å²) in [5.74, 6) is 5.22. The predicted octanol–water partition coefficient (Wildman–Crippen LogP) is 1.67. The molecule has 0 saturated carbocycles. The number of hydrogen-bond donors (Lipinski definition) is 0. The lowest BCUT2D eigenvalue weighted by Gasteiger charge is -1.94. The molecule has 0 aliphatic heterocycles. The fraction of sp³-hybridized carbons (Fsp3) is 0.231. The maximum Gasteiger partial charge on any atom is 0.317 e. The zero-order chi connectivity index (χ0) is 11.8. The lowest BCUT2D eigenvalue weighted by atomic mass is 10.1. The van der Waals surface area contributed by atoms with Crippen molar-refractivity contribution >= 4 is 5.97 Å². The average Bonchev–Trinajstić information content (AvgIpc) is 2.31. The molecule has 0 N–H and O–H groups in total. The van der Waals surface area contributed by atoms with Gasteiger partial charge in [0, 0.05) is 5.56 Å². The molecular weight excluding hydrogens is 202 g/mol. The largest absolute Gasteiger partial charge is 0.468 e. The number of nitrogens with zero attached hydrogens (tertiary/aromatic N) is 1. The number of esters is 1. The first kappa shape index (κ1) is 11.8. The summed E-state index contributed by atoms with van der Waals surface area (Å²) >= 11 is 0. The molecule has 3 nitrogen and oxygen atoms in total. The fourth-order valence-corrected chi connectivity index (χ4v) is 1.09.